The SMILES string of the molecule is CC(=O)SCCC#Cc1cc(F)cc(C(=O)O)c1N. The van der Waals surface area contributed by atoms with Crippen LogP contribution >= 0.6 is 11.8 Å². The molecule has 0 spiro atoms. The highest BCUT2D eigenvalue weighted by Gasteiger charge is 2.12. The number of hydrogen-bond donors (Lipinski definition) is 2. The van der Waals surface area contributed by atoms with Gasteiger partial charge >= 0.3 is 5.97 Å². The summed E-state index contributed by atoms with van der Waals surface area (Å²) in [7, 11) is 0. The smallest absolute Gasteiger partial charge is 0.337 e. The maximum Gasteiger partial charge on any atom is 0.337 e. The van der Waals surface area contributed by atoms with Gasteiger partial charge in [0.05, 0.1) is 16.8 Å². The molecule has 1 aromatic carbocycles. The number of carboxylic acid groups (broad SMARTS) is 1. The van der Waals surface area contributed by atoms with Gasteiger partial charge < -0.3 is 10.8 Å². The van der Waals surface area contributed by atoms with Crippen LogP contribution < -0.4 is 5.73 Å². The van der Waals surface area contributed by atoms with Crippen molar-refractivity contribution in [2.75, 3.05) is 11.5 Å². The van der Waals surface area contributed by atoms with E-state index in [0.29, 0.717) is 12.2 Å². The van der Waals surface area contributed by atoms with Crippen LogP contribution in [-0.4, -0.2) is 21.9 Å². The number of nitrogens with two attached hydrogens (primary N) is 1. The summed E-state index contributed by atoms with van der Waals surface area (Å²) in [5.74, 6) is 3.88. The highest BCUT2D eigenvalue weighted by Crippen LogP contribution is 2.19. The van der Waals surface area contributed by atoms with Crippen molar-refractivity contribution in [1.82, 2.24) is 0 Å². The molecule has 19 heavy (non-hydrogen) atoms. The van der Waals surface area contributed by atoms with Gasteiger partial charge in [0.15, 0.2) is 5.12 Å². The van der Waals surface area contributed by atoms with Crippen molar-refractivity contribution in [3.63, 3.8) is 0 Å². The fraction of sp³-hybridized carbons (Fsp3) is 0.231. The highest BCUT2D eigenvalue weighted by atomic mass is 32.2. The molecule has 0 aliphatic rings. The first kappa shape index (κ1) is 15.1. The zero-order chi connectivity index (χ0) is 14.4. The average molecular weight is 281 g/mol. The number of aromatic carboxylic acids is 1. The van der Waals surface area contributed by atoms with Crippen molar-refractivity contribution in [3.05, 3.63) is 29.1 Å². The summed E-state index contributed by atoms with van der Waals surface area (Å²) in [5.41, 5.74) is 5.39. The Morgan fingerprint density at radius 3 is 2.74 bits per heavy atom. The Morgan fingerprint density at radius 2 is 2.16 bits per heavy atom. The zero-order valence-electron chi connectivity index (χ0n) is 10.2. The lowest BCUT2D eigenvalue weighted by Crippen LogP contribution is -2.05. The molecule has 4 nitrogen and oxygen atoms in total. The van der Waals surface area contributed by atoms with Gasteiger partial charge in [-0.1, -0.05) is 23.6 Å². The molecular formula is C13H12FNO3S. The minimum Gasteiger partial charge on any atom is -0.478 e. The second kappa shape index (κ2) is 6.81. The van der Waals surface area contributed by atoms with Gasteiger partial charge in [-0.2, -0.15) is 0 Å². The second-order valence-electron chi connectivity index (χ2n) is 3.61. The highest BCUT2D eigenvalue weighted by molar-refractivity contribution is 8.13. The Kier molecular flexibility index (Phi) is 5.39. The molecule has 0 radical (unpaired) electrons. The topological polar surface area (TPSA) is 80.4 Å². The number of nitrogen functional groups attached to an aromatic ring is 1. The molecule has 0 fully saturated rings. The third kappa shape index (κ3) is 4.64. The molecule has 0 saturated heterocycles. The molecule has 0 bridgehead atoms. The standard InChI is InChI=1S/C13H12FNO3S/c1-8(16)19-5-3-2-4-9-6-10(14)7-11(12(9)15)13(17)18/h6-7H,3,5,15H2,1H3,(H,17,18). The number of anilines is 1. The van der Waals surface area contributed by atoms with Gasteiger partial charge in [0.25, 0.3) is 0 Å². The number of thioether (sulfide) groups is 1. The minimum atomic E-state index is -1.30. The lowest BCUT2D eigenvalue weighted by atomic mass is 10.1. The molecule has 0 unspecified atom stereocenters. The van der Waals surface area contributed by atoms with Crippen LogP contribution in [0, 0.1) is 17.7 Å². The first-order chi connectivity index (χ1) is 8.91. The first-order valence-electron chi connectivity index (χ1n) is 5.36. The Bertz CT molecular complexity index is 575. The summed E-state index contributed by atoms with van der Waals surface area (Å²) in [4.78, 5) is 21.5. The van der Waals surface area contributed by atoms with E-state index in [9.17, 15) is 14.0 Å². The van der Waals surface area contributed by atoms with Gasteiger partial charge in [0, 0.05) is 19.1 Å². The van der Waals surface area contributed by atoms with Gasteiger partial charge in [-0.05, 0) is 12.1 Å². The Labute approximate surface area is 114 Å². The maximum absolute atomic E-state index is 13.2. The van der Waals surface area contributed by atoms with Crippen molar-refractivity contribution in [2.45, 2.75) is 13.3 Å². The first-order valence-corrected chi connectivity index (χ1v) is 6.35. The van der Waals surface area contributed by atoms with Gasteiger partial charge in [-0.3, -0.25) is 4.79 Å². The molecule has 0 aromatic heterocycles. The minimum absolute atomic E-state index is 0.000216. The van der Waals surface area contributed by atoms with Crippen LogP contribution in [0.25, 0.3) is 0 Å². The Balaban J connectivity index is 2.87. The third-order valence-corrected chi connectivity index (χ3v) is 2.95. The molecule has 0 aliphatic carbocycles. The average Bonchev–Trinajstić information content (AvgIpc) is 2.31. The fourth-order valence-electron chi connectivity index (χ4n) is 1.30. The molecule has 0 amide bonds. The van der Waals surface area contributed by atoms with E-state index in [2.05, 4.69) is 11.8 Å². The summed E-state index contributed by atoms with van der Waals surface area (Å²) in [6.07, 6.45) is 0.433. The Hall–Kier alpha value is -2.00. The van der Waals surface area contributed by atoms with E-state index < -0.39 is 11.8 Å². The van der Waals surface area contributed by atoms with Gasteiger partial charge in [-0.25, -0.2) is 9.18 Å². The summed E-state index contributed by atoms with van der Waals surface area (Å²) in [6, 6.07) is 1.95. The quantitative estimate of drug-likeness (QED) is 0.504. The summed E-state index contributed by atoms with van der Waals surface area (Å²) in [6.45, 7) is 1.46. The van der Waals surface area contributed by atoms with Crippen LogP contribution in [0.3, 0.4) is 0 Å². The fourth-order valence-corrected chi connectivity index (χ4v) is 1.79. The monoisotopic (exact) mass is 281 g/mol. The summed E-state index contributed by atoms with van der Waals surface area (Å²) in [5, 5.41) is 8.85. The van der Waals surface area contributed by atoms with E-state index in [1.807, 2.05) is 0 Å². The second-order valence-corrected chi connectivity index (χ2v) is 4.88. The normalized spacial score (nSPS) is 9.58. The third-order valence-electron chi connectivity index (χ3n) is 2.13. The van der Waals surface area contributed by atoms with Crippen LogP contribution in [0.4, 0.5) is 10.1 Å². The zero-order valence-corrected chi connectivity index (χ0v) is 11.0. The lowest BCUT2D eigenvalue weighted by molar-refractivity contribution is -0.109. The van der Waals surface area contributed by atoms with Crippen molar-refractivity contribution in [1.29, 1.82) is 0 Å². The molecule has 6 heteroatoms. The van der Waals surface area contributed by atoms with Crippen LogP contribution in [0.2, 0.25) is 0 Å². The van der Waals surface area contributed by atoms with Gasteiger partial charge in [0.2, 0.25) is 0 Å². The van der Waals surface area contributed by atoms with Crippen molar-refractivity contribution in [2.24, 2.45) is 0 Å². The molecule has 0 atom stereocenters. The molecular weight excluding hydrogens is 269 g/mol. The number of carbonyl (C=O) groups is 2. The number of halogens is 1. The number of benzene rings is 1. The van der Waals surface area contributed by atoms with Gasteiger partial charge in [0.1, 0.15) is 5.82 Å². The van der Waals surface area contributed by atoms with E-state index in [-0.39, 0.29) is 21.9 Å². The van der Waals surface area contributed by atoms with Crippen LogP contribution in [0.1, 0.15) is 29.3 Å². The maximum atomic E-state index is 13.2. The lowest BCUT2D eigenvalue weighted by Gasteiger charge is -2.03. The number of carboxylic acids is 1. The van der Waals surface area contributed by atoms with Crippen molar-refractivity contribution in [3.8, 4) is 11.8 Å². The number of hydrogen-bond acceptors (Lipinski definition) is 4. The molecule has 0 saturated carbocycles. The number of carbonyl (C=O) groups excluding carboxylic acids is 1. The summed E-state index contributed by atoms with van der Waals surface area (Å²) >= 11 is 1.14. The van der Waals surface area contributed by atoms with Crippen molar-refractivity contribution < 1.29 is 19.1 Å². The summed E-state index contributed by atoms with van der Waals surface area (Å²) < 4.78 is 13.2. The molecule has 1 rings (SSSR count). The predicted molar refractivity (Wildman–Crippen MR) is 72.4 cm³/mol. The van der Waals surface area contributed by atoms with Crippen LogP contribution in [0.5, 0.6) is 0 Å². The van der Waals surface area contributed by atoms with Gasteiger partial charge in [-0.15, -0.1) is 0 Å². The van der Waals surface area contributed by atoms with E-state index in [1.165, 1.54) is 6.92 Å². The molecule has 0 heterocycles. The molecule has 1 aromatic rings. The van der Waals surface area contributed by atoms with E-state index in [0.717, 1.165) is 23.9 Å². The number of rotatable bonds is 3. The predicted octanol–water partition coefficient (Wildman–Crippen LogP) is 2.13. The largest absolute Gasteiger partial charge is 0.478 e. The van der Waals surface area contributed by atoms with Crippen molar-refractivity contribution >= 4 is 28.5 Å². The van der Waals surface area contributed by atoms with Crippen LogP contribution in [-0.2, 0) is 4.79 Å². The van der Waals surface area contributed by atoms with Crippen LogP contribution in [0.15, 0.2) is 12.1 Å². The van der Waals surface area contributed by atoms with E-state index in [4.69, 9.17) is 10.8 Å². The Morgan fingerprint density at radius 1 is 1.47 bits per heavy atom. The van der Waals surface area contributed by atoms with E-state index >= 15 is 0 Å². The molecule has 0 aliphatic heterocycles. The molecule has 100 valence electrons. The molecule has 3 N–H and O–H groups in total. The van der Waals surface area contributed by atoms with E-state index in [1.54, 1.807) is 0 Å².